The molecule has 0 radical (unpaired) electrons. The molecular formula is C37H40N6O2. The van der Waals surface area contributed by atoms with E-state index < -0.39 is 0 Å². The zero-order valence-corrected chi connectivity index (χ0v) is 25.8. The highest BCUT2D eigenvalue weighted by Gasteiger charge is 2.30. The van der Waals surface area contributed by atoms with Crippen molar-refractivity contribution in [2.45, 2.75) is 44.4 Å². The third-order valence-corrected chi connectivity index (χ3v) is 9.68. The number of anilines is 1. The average Bonchev–Trinajstić information content (AvgIpc) is 3.47. The quantitative estimate of drug-likeness (QED) is 0.203. The van der Waals surface area contributed by atoms with Crippen LogP contribution in [0.5, 0.6) is 0 Å². The highest BCUT2D eigenvalue weighted by Crippen LogP contribution is 2.35. The van der Waals surface area contributed by atoms with Gasteiger partial charge in [0, 0.05) is 30.5 Å². The lowest BCUT2D eigenvalue weighted by Gasteiger charge is -2.37. The first-order chi connectivity index (χ1) is 22.1. The van der Waals surface area contributed by atoms with Crippen molar-refractivity contribution in [3.05, 3.63) is 90.6 Å². The molecule has 4 heterocycles. The van der Waals surface area contributed by atoms with Crippen LogP contribution in [0, 0.1) is 11.8 Å². The van der Waals surface area contributed by atoms with Crippen LogP contribution in [0.4, 0.5) is 5.82 Å². The van der Waals surface area contributed by atoms with Gasteiger partial charge in [-0.25, -0.2) is 15.0 Å². The lowest BCUT2D eigenvalue weighted by molar-refractivity contribution is -0.146. The largest absolute Gasteiger partial charge is 0.469 e. The molecule has 2 aliphatic rings. The molecule has 5 aromatic rings. The van der Waals surface area contributed by atoms with Crippen molar-refractivity contribution in [1.82, 2.24) is 24.4 Å². The maximum absolute atomic E-state index is 12.0. The first-order valence-electron chi connectivity index (χ1n) is 16.1. The van der Waals surface area contributed by atoms with Crippen molar-refractivity contribution in [2.24, 2.45) is 11.8 Å². The number of hydrogen-bond acceptors (Lipinski definition) is 7. The van der Waals surface area contributed by atoms with Gasteiger partial charge in [-0.2, -0.15) is 0 Å². The number of nitrogens with two attached hydrogens (primary N) is 1. The van der Waals surface area contributed by atoms with Crippen molar-refractivity contribution in [2.75, 3.05) is 32.5 Å². The number of fused-ring (bicyclic) bond motifs is 1. The van der Waals surface area contributed by atoms with E-state index in [1.807, 2.05) is 42.5 Å². The summed E-state index contributed by atoms with van der Waals surface area (Å²) in [5.74, 6) is 2.37. The number of methoxy groups -OCH3 is 1. The maximum Gasteiger partial charge on any atom is 0.308 e. The second-order valence-electron chi connectivity index (χ2n) is 12.5. The minimum absolute atomic E-state index is 0.0398. The molecule has 1 unspecified atom stereocenters. The lowest BCUT2D eigenvalue weighted by Crippen LogP contribution is -2.39. The van der Waals surface area contributed by atoms with Gasteiger partial charge < -0.3 is 15.4 Å². The number of nitrogen functional groups attached to an aromatic ring is 1. The van der Waals surface area contributed by atoms with Crippen LogP contribution in [0.2, 0.25) is 0 Å². The van der Waals surface area contributed by atoms with E-state index in [2.05, 4.69) is 50.8 Å². The van der Waals surface area contributed by atoms with E-state index in [9.17, 15) is 4.79 Å². The highest BCUT2D eigenvalue weighted by atomic mass is 16.5. The summed E-state index contributed by atoms with van der Waals surface area (Å²) in [5.41, 5.74) is 13.0. The van der Waals surface area contributed by atoms with Crippen molar-refractivity contribution in [3.63, 3.8) is 0 Å². The summed E-state index contributed by atoms with van der Waals surface area (Å²) in [6, 6.07) is 27.1. The number of imidazole rings is 1. The fraction of sp³-hybridized carbons (Fsp3) is 0.351. The number of piperidine rings is 1. The summed E-state index contributed by atoms with van der Waals surface area (Å²) in [5, 5.41) is 0. The van der Waals surface area contributed by atoms with E-state index >= 15 is 0 Å². The molecule has 3 aromatic heterocycles. The van der Waals surface area contributed by atoms with Gasteiger partial charge in [-0.05, 0) is 98.9 Å². The Labute approximate surface area is 264 Å². The van der Waals surface area contributed by atoms with Crippen molar-refractivity contribution in [3.8, 4) is 28.3 Å². The molecule has 230 valence electrons. The molecule has 0 amide bonds. The number of likely N-dealkylation sites (tertiary alicyclic amines) is 1. The number of ether oxygens (including phenoxy) is 1. The van der Waals surface area contributed by atoms with Gasteiger partial charge in [-0.15, -0.1) is 0 Å². The Morgan fingerprint density at radius 2 is 1.71 bits per heavy atom. The molecule has 1 aliphatic carbocycles. The SMILES string of the molecule is COC(=O)C1CCC(CN2CCCC(c3ccc(-n4c(-c5cccnc5N)nc5ccc(-c6ccccc6)nc54)cc3)C2)CC1. The summed E-state index contributed by atoms with van der Waals surface area (Å²) in [7, 11) is 1.50. The van der Waals surface area contributed by atoms with Crippen molar-refractivity contribution in [1.29, 1.82) is 0 Å². The van der Waals surface area contributed by atoms with Gasteiger partial charge in [-0.3, -0.25) is 9.36 Å². The minimum atomic E-state index is -0.0398. The smallest absolute Gasteiger partial charge is 0.308 e. The molecule has 2 N–H and O–H groups in total. The van der Waals surface area contributed by atoms with Crippen LogP contribution in [0.3, 0.4) is 0 Å². The normalized spacial score (nSPS) is 20.7. The first kappa shape index (κ1) is 29.2. The Morgan fingerprint density at radius 1 is 0.911 bits per heavy atom. The second-order valence-corrected chi connectivity index (χ2v) is 12.5. The molecule has 1 aliphatic heterocycles. The van der Waals surface area contributed by atoms with E-state index in [1.54, 1.807) is 6.20 Å². The van der Waals surface area contributed by atoms with Crippen LogP contribution < -0.4 is 5.73 Å². The Hall–Kier alpha value is -4.56. The van der Waals surface area contributed by atoms with Gasteiger partial charge in [0.1, 0.15) is 11.3 Å². The number of aromatic nitrogens is 4. The summed E-state index contributed by atoms with van der Waals surface area (Å²) >= 11 is 0. The van der Waals surface area contributed by atoms with E-state index in [1.165, 1.54) is 25.5 Å². The number of nitrogens with zero attached hydrogens (tertiary/aromatic N) is 5. The monoisotopic (exact) mass is 600 g/mol. The van der Waals surface area contributed by atoms with Crippen LogP contribution in [0.15, 0.2) is 85.1 Å². The molecular weight excluding hydrogens is 560 g/mol. The Balaban J connectivity index is 1.15. The summed E-state index contributed by atoms with van der Waals surface area (Å²) in [6.45, 7) is 3.34. The molecule has 45 heavy (non-hydrogen) atoms. The van der Waals surface area contributed by atoms with E-state index in [4.69, 9.17) is 20.4 Å². The number of carbonyl (C=O) groups excluding carboxylic acids is 1. The predicted octanol–water partition coefficient (Wildman–Crippen LogP) is 6.89. The Morgan fingerprint density at radius 3 is 2.47 bits per heavy atom. The lowest BCUT2D eigenvalue weighted by atomic mass is 9.81. The van der Waals surface area contributed by atoms with Gasteiger partial charge in [0.05, 0.1) is 24.3 Å². The number of hydrogen-bond donors (Lipinski definition) is 1. The fourth-order valence-electron chi connectivity index (χ4n) is 7.26. The molecule has 0 spiro atoms. The average molecular weight is 601 g/mol. The number of benzene rings is 2. The molecule has 2 aromatic carbocycles. The second kappa shape index (κ2) is 12.8. The molecule has 8 heteroatoms. The van der Waals surface area contributed by atoms with E-state index in [0.29, 0.717) is 17.7 Å². The topological polar surface area (TPSA) is 99.2 Å². The van der Waals surface area contributed by atoms with Gasteiger partial charge in [0.25, 0.3) is 0 Å². The molecule has 7 rings (SSSR count). The van der Waals surface area contributed by atoms with Gasteiger partial charge in [0.15, 0.2) is 11.5 Å². The molecule has 8 nitrogen and oxygen atoms in total. The summed E-state index contributed by atoms with van der Waals surface area (Å²) in [4.78, 5) is 29.0. The highest BCUT2D eigenvalue weighted by molar-refractivity contribution is 5.84. The Kier molecular flexibility index (Phi) is 8.31. The van der Waals surface area contributed by atoms with Crippen LogP contribution in [0.1, 0.15) is 50.0 Å². The first-order valence-corrected chi connectivity index (χ1v) is 16.1. The standard InChI is InChI=1S/C37H40N6O2/c1-45-37(44)28-13-11-25(12-14-28)23-42-22-6-9-29(24-42)26-15-17-30(18-16-26)43-35(31-10-5-21-39-34(31)38)41-33-20-19-32(40-36(33)43)27-7-3-2-4-8-27/h2-5,7-8,10,15-21,25,28-29H,6,9,11-14,22-24H2,1H3,(H2,38,39). The van der Waals surface area contributed by atoms with Gasteiger partial charge in [0.2, 0.25) is 0 Å². The molecule has 0 bridgehead atoms. The number of rotatable bonds is 7. The summed E-state index contributed by atoms with van der Waals surface area (Å²) in [6.07, 6.45) is 8.22. The van der Waals surface area contributed by atoms with Crippen molar-refractivity contribution >= 4 is 23.0 Å². The number of carbonyl (C=O) groups is 1. The van der Waals surface area contributed by atoms with Crippen LogP contribution in [-0.4, -0.2) is 57.1 Å². The third kappa shape index (κ3) is 6.07. The molecule has 2 fully saturated rings. The van der Waals surface area contributed by atoms with Crippen LogP contribution in [-0.2, 0) is 9.53 Å². The maximum atomic E-state index is 12.0. The summed E-state index contributed by atoms with van der Waals surface area (Å²) < 4.78 is 7.09. The van der Waals surface area contributed by atoms with Crippen LogP contribution in [0.25, 0.3) is 39.5 Å². The molecule has 1 saturated heterocycles. The molecule has 1 saturated carbocycles. The van der Waals surface area contributed by atoms with Gasteiger partial charge >= 0.3 is 5.97 Å². The Bertz CT molecular complexity index is 1780. The van der Waals surface area contributed by atoms with Crippen LogP contribution >= 0.6 is 0 Å². The predicted molar refractivity (Wildman–Crippen MR) is 178 cm³/mol. The zero-order valence-electron chi connectivity index (χ0n) is 25.8. The van der Waals surface area contributed by atoms with Gasteiger partial charge in [-0.1, -0.05) is 42.5 Å². The minimum Gasteiger partial charge on any atom is -0.469 e. The number of esters is 1. The zero-order chi connectivity index (χ0) is 30.8. The van der Waals surface area contributed by atoms with Crippen molar-refractivity contribution < 1.29 is 9.53 Å². The van der Waals surface area contributed by atoms with E-state index in [-0.39, 0.29) is 11.9 Å². The molecule has 1 atom stereocenters. The fourth-order valence-corrected chi connectivity index (χ4v) is 7.26. The third-order valence-electron chi connectivity index (χ3n) is 9.68. The number of pyridine rings is 2. The van der Waals surface area contributed by atoms with E-state index in [0.717, 1.165) is 84.8 Å².